The van der Waals surface area contributed by atoms with Crippen molar-refractivity contribution in [1.82, 2.24) is 5.06 Å². The van der Waals surface area contributed by atoms with Crippen LogP contribution in [0.15, 0.2) is 0 Å². The Kier molecular flexibility index (Phi) is 8.27. The normalized spacial score (nSPS) is 12.5. The summed E-state index contributed by atoms with van der Waals surface area (Å²) in [5, 5.41) is 18.8. The first-order valence-corrected chi connectivity index (χ1v) is 5.21. The number of unbranched alkanes of at least 4 members (excludes halogenated alkanes) is 2. The minimum Gasteiger partial charge on any atom is -0.394 e. The highest BCUT2D eigenvalue weighted by molar-refractivity contribution is 5.74. The molecule has 15 heavy (non-hydrogen) atoms. The lowest BCUT2D eigenvalue weighted by Crippen LogP contribution is -2.24. The number of aliphatic hydroxyl groups excluding tert-OH is 2. The molecule has 5 nitrogen and oxygen atoms in total. The molecule has 5 heteroatoms. The van der Waals surface area contributed by atoms with Crippen molar-refractivity contribution in [1.29, 1.82) is 0 Å². The molecule has 0 fully saturated rings. The molecule has 1 unspecified atom stereocenters. The van der Waals surface area contributed by atoms with E-state index in [2.05, 4.69) is 0 Å². The summed E-state index contributed by atoms with van der Waals surface area (Å²) in [4.78, 5) is 16.0. The zero-order chi connectivity index (χ0) is 11.7. The molecule has 90 valence electrons. The lowest BCUT2D eigenvalue weighted by Gasteiger charge is -2.13. The van der Waals surface area contributed by atoms with E-state index >= 15 is 0 Å². The van der Waals surface area contributed by atoms with Gasteiger partial charge in [0.2, 0.25) is 5.91 Å². The number of hydroxylamine groups is 2. The van der Waals surface area contributed by atoms with E-state index in [4.69, 9.17) is 15.1 Å². The molecule has 2 N–H and O–H groups in total. The molecule has 0 aliphatic rings. The molecule has 0 heterocycles. The first kappa shape index (κ1) is 14.3. The maximum atomic E-state index is 11.2. The standard InChI is InChI=1S/C10H21NO4/c1-11(15-2)10(14)7-5-3-4-6-9(13)8-12/h9,12-13H,3-8H2,1-2H3. The van der Waals surface area contributed by atoms with Crippen LogP contribution >= 0.6 is 0 Å². The van der Waals surface area contributed by atoms with E-state index in [1.54, 1.807) is 7.05 Å². The van der Waals surface area contributed by atoms with Gasteiger partial charge in [0.05, 0.1) is 19.8 Å². The van der Waals surface area contributed by atoms with E-state index in [1.807, 2.05) is 0 Å². The smallest absolute Gasteiger partial charge is 0.245 e. The van der Waals surface area contributed by atoms with Crippen LogP contribution < -0.4 is 0 Å². The summed E-state index contributed by atoms with van der Waals surface area (Å²) in [5.74, 6) is -0.0415. The summed E-state index contributed by atoms with van der Waals surface area (Å²) in [6.45, 7) is -0.189. The molecule has 0 aromatic heterocycles. The first-order chi connectivity index (χ1) is 7.11. The lowest BCUT2D eigenvalue weighted by atomic mass is 10.1. The fourth-order valence-corrected chi connectivity index (χ4v) is 1.18. The fourth-order valence-electron chi connectivity index (χ4n) is 1.18. The second-order valence-corrected chi connectivity index (χ2v) is 3.51. The van der Waals surface area contributed by atoms with Crippen LogP contribution in [-0.2, 0) is 9.63 Å². The van der Waals surface area contributed by atoms with Gasteiger partial charge in [-0.3, -0.25) is 9.63 Å². The molecular weight excluding hydrogens is 198 g/mol. The van der Waals surface area contributed by atoms with Crippen LogP contribution in [-0.4, -0.2) is 48.1 Å². The lowest BCUT2D eigenvalue weighted by molar-refractivity contribution is -0.168. The molecule has 1 amide bonds. The Morgan fingerprint density at radius 2 is 2.07 bits per heavy atom. The SMILES string of the molecule is CON(C)C(=O)CCCCCC(O)CO. The van der Waals surface area contributed by atoms with Crippen molar-refractivity contribution in [3.63, 3.8) is 0 Å². The van der Waals surface area contributed by atoms with Gasteiger partial charge in [-0.15, -0.1) is 0 Å². The number of amides is 1. The molecule has 0 saturated heterocycles. The van der Waals surface area contributed by atoms with Gasteiger partial charge in [0.25, 0.3) is 0 Å². The number of hydrogen-bond acceptors (Lipinski definition) is 4. The Bertz CT molecular complexity index is 175. The van der Waals surface area contributed by atoms with Gasteiger partial charge in [0.15, 0.2) is 0 Å². The first-order valence-electron chi connectivity index (χ1n) is 5.21. The number of aliphatic hydroxyl groups is 2. The summed E-state index contributed by atoms with van der Waals surface area (Å²) < 4.78 is 0. The van der Waals surface area contributed by atoms with Gasteiger partial charge in [-0.25, -0.2) is 5.06 Å². The van der Waals surface area contributed by atoms with Crippen molar-refractivity contribution < 1.29 is 19.8 Å². The Labute approximate surface area is 90.6 Å². The van der Waals surface area contributed by atoms with Gasteiger partial charge in [-0.2, -0.15) is 0 Å². The maximum Gasteiger partial charge on any atom is 0.245 e. The zero-order valence-electron chi connectivity index (χ0n) is 9.48. The highest BCUT2D eigenvalue weighted by Crippen LogP contribution is 2.06. The third-order valence-electron chi connectivity index (χ3n) is 2.26. The highest BCUT2D eigenvalue weighted by Gasteiger charge is 2.07. The molecule has 0 spiro atoms. The van der Waals surface area contributed by atoms with E-state index in [-0.39, 0.29) is 12.5 Å². The van der Waals surface area contributed by atoms with Gasteiger partial charge in [0, 0.05) is 13.5 Å². The Hall–Kier alpha value is -0.650. The molecule has 0 rings (SSSR count). The van der Waals surface area contributed by atoms with Crippen molar-refractivity contribution in [2.75, 3.05) is 20.8 Å². The van der Waals surface area contributed by atoms with E-state index in [0.717, 1.165) is 19.3 Å². The minimum atomic E-state index is -0.623. The molecule has 0 aromatic rings. The van der Waals surface area contributed by atoms with E-state index < -0.39 is 6.10 Å². The van der Waals surface area contributed by atoms with Crippen LogP contribution in [0.2, 0.25) is 0 Å². The number of hydrogen-bond donors (Lipinski definition) is 2. The summed E-state index contributed by atoms with van der Waals surface area (Å²) in [7, 11) is 3.04. The predicted molar refractivity (Wildman–Crippen MR) is 56.0 cm³/mol. The summed E-state index contributed by atoms with van der Waals surface area (Å²) in [6.07, 6.45) is 2.91. The van der Waals surface area contributed by atoms with Crippen molar-refractivity contribution >= 4 is 5.91 Å². The number of carbonyl (C=O) groups excluding carboxylic acids is 1. The van der Waals surface area contributed by atoms with E-state index in [9.17, 15) is 4.79 Å². The number of nitrogens with zero attached hydrogens (tertiary/aromatic N) is 1. The van der Waals surface area contributed by atoms with Crippen LogP contribution in [0.5, 0.6) is 0 Å². The second-order valence-electron chi connectivity index (χ2n) is 3.51. The maximum absolute atomic E-state index is 11.2. The Balaban J connectivity index is 3.35. The van der Waals surface area contributed by atoms with Crippen LogP contribution in [0.25, 0.3) is 0 Å². The van der Waals surface area contributed by atoms with Crippen molar-refractivity contribution in [2.45, 2.75) is 38.2 Å². The van der Waals surface area contributed by atoms with Crippen molar-refractivity contribution in [3.8, 4) is 0 Å². The molecule has 1 atom stereocenters. The van der Waals surface area contributed by atoms with Crippen LogP contribution in [0.1, 0.15) is 32.1 Å². The quantitative estimate of drug-likeness (QED) is 0.455. The molecular formula is C10H21NO4. The summed E-state index contributed by atoms with van der Waals surface area (Å²) in [6, 6.07) is 0. The zero-order valence-corrected chi connectivity index (χ0v) is 9.48. The third-order valence-corrected chi connectivity index (χ3v) is 2.26. The average Bonchev–Trinajstić information content (AvgIpc) is 2.26. The summed E-state index contributed by atoms with van der Waals surface area (Å²) >= 11 is 0. The Morgan fingerprint density at radius 3 is 2.60 bits per heavy atom. The monoisotopic (exact) mass is 219 g/mol. The molecule has 0 aromatic carbocycles. The largest absolute Gasteiger partial charge is 0.394 e. The topological polar surface area (TPSA) is 70.0 Å². The predicted octanol–water partition coefficient (Wildman–Crippen LogP) is 0.310. The van der Waals surface area contributed by atoms with Crippen LogP contribution in [0, 0.1) is 0 Å². The molecule has 0 aliphatic heterocycles. The van der Waals surface area contributed by atoms with E-state index in [1.165, 1.54) is 12.2 Å². The third kappa shape index (κ3) is 7.30. The second kappa shape index (κ2) is 8.64. The Morgan fingerprint density at radius 1 is 1.40 bits per heavy atom. The molecule has 0 saturated carbocycles. The van der Waals surface area contributed by atoms with Gasteiger partial charge in [-0.1, -0.05) is 12.8 Å². The van der Waals surface area contributed by atoms with Gasteiger partial charge in [0.1, 0.15) is 0 Å². The molecule has 0 bridgehead atoms. The summed E-state index contributed by atoms with van der Waals surface area (Å²) in [5.41, 5.74) is 0. The van der Waals surface area contributed by atoms with Gasteiger partial charge >= 0.3 is 0 Å². The molecule has 0 aliphatic carbocycles. The van der Waals surface area contributed by atoms with Crippen LogP contribution in [0.4, 0.5) is 0 Å². The van der Waals surface area contributed by atoms with Crippen molar-refractivity contribution in [3.05, 3.63) is 0 Å². The minimum absolute atomic E-state index is 0.0415. The van der Waals surface area contributed by atoms with Gasteiger partial charge in [-0.05, 0) is 12.8 Å². The number of rotatable bonds is 8. The number of carbonyl (C=O) groups is 1. The fraction of sp³-hybridized carbons (Fsp3) is 0.900. The van der Waals surface area contributed by atoms with Crippen LogP contribution in [0.3, 0.4) is 0 Å². The highest BCUT2D eigenvalue weighted by atomic mass is 16.7. The molecule has 0 radical (unpaired) electrons. The van der Waals surface area contributed by atoms with E-state index in [0.29, 0.717) is 12.8 Å². The average molecular weight is 219 g/mol. The van der Waals surface area contributed by atoms with Crippen molar-refractivity contribution in [2.24, 2.45) is 0 Å². The van der Waals surface area contributed by atoms with Gasteiger partial charge < -0.3 is 10.2 Å².